The van der Waals surface area contributed by atoms with Gasteiger partial charge in [0.15, 0.2) is 0 Å². The van der Waals surface area contributed by atoms with E-state index in [0.29, 0.717) is 23.2 Å². The van der Waals surface area contributed by atoms with E-state index in [9.17, 15) is 4.79 Å². The Morgan fingerprint density at radius 2 is 2.03 bits per heavy atom. The first-order valence-electron chi connectivity index (χ1n) is 10.5. The predicted molar refractivity (Wildman–Crippen MR) is 130 cm³/mol. The molecular formula is C24H25Cl2N3O2S. The number of morpholine rings is 1. The molecular weight excluding hydrogens is 465 g/mol. The highest BCUT2D eigenvalue weighted by molar-refractivity contribution is 7.15. The number of aromatic nitrogens is 1. The van der Waals surface area contributed by atoms with Crippen molar-refractivity contribution in [2.75, 3.05) is 26.2 Å². The molecule has 0 bridgehead atoms. The highest BCUT2D eigenvalue weighted by Crippen LogP contribution is 2.27. The number of nitrogens with one attached hydrogen (secondary N) is 1. The average molecular weight is 490 g/mol. The maximum atomic E-state index is 12.6. The normalized spacial score (nSPS) is 16.8. The van der Waals surface area contributed by atoms with Crippen LogP contribution in [0.2, 0.25) is 10.0 Å². The molecule has 1 N–H and O–H groups in total. The largest absolute Gasteiger partial charge is 0.374 e. The summed E-state index contributed by atoms with van der Waals surface area (Å²) in [6, 6.07) is 15.7. The maximum absolute atomic E-state index is 12.6. The number of benzene rings is 2. The Labute approximate surface area is 202 Å². The number of nitrogens with zero attached hydrogens (tertiary/aromatic N) is 2. The molecule has 168 valence electrons. The molecule has 32 heavy (non-hydrogen) atoms. The number of hydrogen-bond donors (Lipinski definition) is 1. The molecule has 1 aromatic heterocycles. The van der Waals surface area contributed by atoms with Gasteiger partial charge >= 0.3 is 0 Å². The van der Waals surface area contributed by atoms with Gasteiger partial charge in [0.2, 0.25) is 5.91 Å². The van der Waals surface area contributed by atoms with Crippen LogP contribution in [-0.2, 0) is 22.5 Å². The van der Waals surface area contributed by atoms with Gasteiger partial charge in [0.1, 0.15) is 5.01 Å². The van der Waals surface area contributed by atoms with E-state index >= 15 is 0 Å². The predicted octanol–water partition coefficient (Wildman–Crippen LogP) is 4.99. The monoisotopic (exact) mass is 489 g/mol. The topological polar surface area (TPSA) is 54.5 Å². The van der Waals surface area contributed by atoms with Crippen LogP contribution in [0.3, 0.4) is 0 Å². The molecule has 5 nitrogen and oxygen atoms in total. The smallest absolute Gasteiger partial charge is 0.226 e. The van der Waals surface area contributed by atoms with Crippen molar-refractivity contribution in [1.29, 1.82) is 0 Å². The zero-order valence-electron chi connectivity index (χ0n) is 17.8. The maximum Gasteiger partial charge on any atom is 0.226 e. The Hall–Kier alpha value is -1.96. The number of halogens is 2. The standard InChI is InChI=1S/C24H25Cl2N3O2S/c1-16-22(28-24(32-16)18-5-3-2-4-6-18)12-23(30)27-13-19-15-29(9-10-31-19)14-17-7-8-20(25)21(26)11-17/h2-8,11,19H,9-10,12-15H2,1H3,(H,27,30). The molecule has 1 unspecified atom stereocenters. The van der Waals surface area contributed by atoms with Gasteiger partial charge in [-0.1, -0.05) is 59.6 Å². The van der Waals surface area contributed by atoms with Crippen LogP contribution >= 0.6 is 34.5 Å². The Bertz CT molecular complexity index is 1070. The van der Waals surface area contributed by atoms with E-state index in [1.807, 2.05) is 55.5 Å². The minimum Gasteiger partial charge on any atom is -0.374 e. The molecule has 1 fully saturated rings. The van der Waals surface area contributed by atoms with Crippen molar-refractivity contribution in [2.45, 2.75) is 26.0 Å². The molecule has 0 aliphatic carbocycles. The van der Waals surface area contributed by atoms with Gasteiger partial charge in [-0.3, -0.25) is 9.69 Å². The third-order valence-corrected chi connectivity index (χ3v) is 7.18. The van der Waals surface area contributed by atoms with E-state index < -0.39 is 0 Å². The van der Waals surface area contributed by atoms with Gasteiger partial charge < -0.3 is 10.1 Å². The summed E-state index contributed by atoms with van der Waals surface area (Å²) in [6.07, 6.45) is 0.224. The average Bonchev–Trinajstić information content (AvgIpc) is 3.16. The molecule has 0 radical (unpaired) electrons. The number of aryl methyl sites for hydroxylation is 1. The van der Waals surface area contributed by atoms with Gasteiger partial charge in [-0.25, -0.2) is 4.98 Å². The van der Waals surface area contributed by atoms with E-state index in [1.54, 1.807) is 11.3 Å². The van der Waals surface area contributed by atoms with E-state index in [2.05, 4.69) is 15.2 Å². The summed E-state index contributed by atoms with van der Waals surface area (Å²) in [4.78, 5) is 20.6. The first kappa shape index (κ1) is 23.2. The fourth-order valence-electron chi connectivity index (χ4n) is 3.68. The van der Waals surface area contributed by atoms with Crippen molar-refractivity contribution in [1.82, 2.24) is 15.2 Å². The molecule has 1 atom stereocenters. The lowest BCUT2D eigenvalue weighted by atomic mass is 10.2. The minimum absolute atomic E-state index is 0.0387. The Morgan fingerprint density at radius 1 is 1.22 bits per heavy atom. The quantitative estimate of drug-likeness (QED) is 0.508. The second-order valence-electron chi connectivity index (χ2n) is 7.85. The molecule has 1 aliphatic rings. The Morgan fingerprint density at radius 3 is 2.81 bits per heavy atom. The van der Waals surface area contributed by atoms with Crippen LogP contribution in [0, 0.1) is 6.92 Å². The van der Waals surface area contributed by atoms with Crippen LogP contribution in [0.5, 0.6) is 0 Å². The van der Waals surface area contributed by atoms with E-state index in [-0.39, 0.29) is 18.4 Å². The number of amides is 1. The van der Waals surface area contributed by atoms with Crippen LogP contribution in [0.4, 0.5) is 0 Å². The Balaban J connectivity index is 1.27. The first-order chi connectivity index (χ1) is 15.5. The summed E-state index contributed by atoms with van der Waals surface area (Å²) < 4.78 is 5.86. The first-order valence-corrected chi connectivity index (χ1v) is 12.1. The van der Waals surface area contributed by atoms with Gasteiger partial charge in [-0.05, 0) is 24.6 Å². The summed E-state index contributed by atoms with van der Waals surface area (Å²) in [6.45, 7) is 5.47. The Kier molecular flexibility index (Phi) is 7.81. The van der Waals surface area contributed by atoms with Crippen molar-refractivity contribution in [2.24, 2.45) is 0 Å². The molecule has 3 aromatic rings. The summed E-state index contributed by atoms with van der Waals surface area (Å²) in [5.41, 5.74) is 3.01. The number of carbonyl (C=O) groups excluding carboxylic acids is 1. The highest BCUT2D eigenvalue weighted by atomic mass is 35.5. The van der Waals surface area contributed by atoms with Crippen LogP contribution < -0.4 is 5.32 Å². The van der Waals surface area contributed by atoms with Crippen molar-refractivity contribution >= 4 is 40.4 Å². The molecule has 1 aliphatic heterocycles. The molecule has 2 heterocycles. The minimum atomic E-state index is -0.0492. The van der Waals surface area contributed by atoms with Gasteiger partial charge in [0.25, 0.3) is 0 Å². The van der Waals surface area contributed by atoms with Crippen LogP contribution in [0.25, 0.3) is 10.6 Å². The number of ether oxygens (including phenoxy) is 1. The lowest BCUT2D eigenvalue weighted by Gasteiger charge is -2.33. The number of hydrogen-bond acceptors (Lipinski definition) is 5. The third-order valence-electron chi connectivity index (χ3n) is 5.38. The van der Waals surface area contributed by atoms with Gasteiger partial charge in [0, 0.05) is 36.6 Å². The number of thiazole rings is 1. The number of carbonyl (C=O) groups is 1. The number of rotatable bonds is 7. The van der Waals surface area contributed by atoms with Crippen LogP contribution in [0.1, 0.15) is 16.1 Å². The van der Waals surface area contributed by atoms with Gasteiger partial charge in [0.05, 0.1) is 34.9 Å². The summed E-state index contributed by atoms with van der Waals surface area (Å²) in [5.74, 6) is -0.0387. The lowest BCUT2D eigenvalue weighted by Crippen LogP contribution is -2.47. The van der Waals surface area contributed by atoms with Crippen molar-refractivity contribution in [3.05, 3.63) is 74.7 Å². The van der Waals surface area contributed by atoms with Crippen molar-refractivity contribution in [3.8, 4) is 10.6 Å². The second kappa shape index (κ2) is 10.8. The van der Waals surface area contributed by atoms with E-state index in [0.717, 1.165) is 46.3 Å². The molecule has 1 saturated heterocycles. The summed E-state index contributed by atoms with van der Waals surface area (Å²) in [5, 5.41) is 5.08. The molecule has 0 saturated carbocycles. The fourth-order valence-corrected chi connectivity index (χ4v) is 4.94. The molecule has 2 aromatic carbocycles. The third kappa shape index (κ3) is 6.09. The van der Waals surface area contributed by atoms with E-state index in [4.69, 9.17) is 27.9 Å². The molecule has 0 spiro atoms. The summed E-state index contributed by atoms with van der Waals surface area (Å²) in [7, 11) is 0. The van der Waals surface area contributed by atoms with Crippen LogP contribution in [0.15, 0.2) is 48.5 Å². The highest BCUT2D eigenvalue weighted by Gasteiger charge is 2.22. The SMILES string of the molecule is Cc1sc(-c2ccccc2)nc1CC(=O)NCC1CN(Cc2ccc(Cl)c(Cl)c2)CCO1. The zero-order chi connectivity index (χ0) is 22.5. The lowest BCUT2D eigenvalue weighted by molar-refractivity contribution is -0.121. The second-order valence-corrected chi connectivity index (χ2v) is 9.86. The fraction of sp³-hybridized carbons (Fsp3) is 0.333. The zero-order valence-corrected chi connectivity index (χ0v) is 20.1. The van der Waals surface area contributed by atoms with E-state index in [1.165, 1.54) is 0 Å². The van der Waals surface area contributed by atoms with Gasteiger partial charge in [-0.2, -0.15) is 0 Å². The van der Waals surface area contributed by atoms with Crippen molar-refractivity contribution < 1.29 is 9.53 Å². The molecule has 4 rings (SSSR count). The van der Waals surface area contributed by atoms with Crippen LogP contribution in [-0.4, -0.2) is 48.1 Å². The van der Waals surface area contributed by atoms with Crippen molar-refractivity contribution in [3.63, 3.8) is 0 Å². The molecule has 8 heteroatoms. The van der Waals surface area contributed by atoms with Gasteiger partial charge in [-0.15, -0.1) is 11.3 Å². The summed E-state index contributed by atoms with van der Waals surface area (Å²) >= 11 is 13.8. The molecule has 1 amide bonds.